The van der Waals surface area contributed by atoms with Gasteiger partial charge in [0.1, 0.15) is 40.1 Å². The number of hydrogen-bond acceptors (Lipinski definition) is 16. The van der Waals surface area contributed by atoms with Gasteiger partial charge in [0.05, 0.1) is 49.1 Å². The lowest BCUT2D eigenvalue weighted by Crippen LogP contribution is -2.73. The maximum Gasteiger partial charge on any atom is 0.341 e. The van der Waals surface area contributed by atoms with E-state index in [1.165, 1.54) is 20.1 Å². The van der Waals surface area contributed by atoms with E-state index in [2.05, 4.69) is 5.32 Å². The van der Waals surface area contributed by atoms with E-state index in [4.69, 9.17) is 30.5 Å². The number of ether oxygens (including phenoxy) is 4. The Morgan fingerprint density at radius 2 is 1.69 bits per heavy atom. The number of halogens is 1. The molecule has 0 unspecified atom stereocenters. The van der Waals surface area contributed by atoms with Gasteiger partial charge in [-0.25, -0.2) is 4.79 Å². The van der Waals surface area contributed by atoms with Crippen LogP contribution in [0.1, 0.15) is 75.4 Å². The number of allylic oxidation sites excluding steroid dienone is 2. The molecule has 272 valence electrons. The summed E-state index contributed by atoms with van der Waals surface area (Å²) in [5.41, 5.74) is -10.9. The maximum absolute atomic E-state index is 14.6. The predicted molar refractivity (Wildman–Crippen MR) is 171 cm³/mol. The minimum Gasteiger partial charge on any atom is -0.507 e. The Labute approximate surface area is 294 Å². The van der Waals surface area contributed by atoms with Crippen molar-refractivity contribution in [2.75, 3.05) is 27.9 Å². The SMILES string of the molecule is COC(=O)c1c(C)cc2c(c1O)[C@]1(O)C(=O)c3cc4c(c(O)c3C(=O)[C@]1(OC)[C@H](O)C2)C(=O)C(Cl)=C(N[C@H]1O[C@@H](C)[C@H](OC)[C@@H](O)[C@H]1CO)C4=O. The molecule has 8 atom stereocenters. The number of rotatable bonds is 6. The van der Waals surface area contributed by atoms with Crippen molar-refractivity contribution in [3.63, 3.8) is 0 Å². The lowest BCUT2D eigenvalue weighted by Gasteiger charge is -2.52. The molecule has 17 heteroatoms. The number of phenolic OH excluding ortho intramolecular Hbond substituents is 2. The number of phenols is 2. The molecule has 0 amide bonds. The van der Waals surface area contributed by atoms with Crippen LogP contribution in [0.4, 0.5) is 0 Å². The van der Waals surface area contributed by atoms with Gasteiger partial charge in [0.15, 0.2) is 11.2 Å². The number of Topliss-reactive ketones (excluding diaryl/α,β-unsaturated/α-hetero) is 4. The molecule has 0 radical (unpaired) electrons. The van der Waals surface area contributed by atoms with E-state index in [0.29, 0.717) is 0 Å². The van der Waals surface area contributed by atoms with Crippen molar-refractivity contribution in [1.82, 2.24) is 5.32 Å². The Morgan fingerprint density at radius 1 is 1.02 bits per heavy atom. The monoisotopic (exact) mass is 731 g/mol. The standard InChI is InChI=1S/C34H34ClNO15/c1-10-6-12-7-16(38)34(50-5)30(45)19-14(29(44)33(34,47)20(12)26(42)17(10)32(46)49-4)8-13-18(25(19)41)27(43)21(35)22(23(13)39)36-31-15(9-37)24(40)28(48-3)11(2)51-31/h6,8,11,15-16,24,28,31,36-38,40-42,47H,7,9H2,1-5H3/t11-,15+,16+,24-,28-,31-,33-,34+/m0/s1. The van der Waals surface area contributed by atoms with E-state index in [-0.39, 0.29) is 11.1 Å². The van der Waals surface area contributed by atoms with Gasteiger partial charge in [-0.1, -0.05) is 17.7 Å². The van der Waals surface area contributed by atoms with Gasteiger partial charge in [0.2, 0.25) is 23.1 Å². The van der Waals surface area contributed by atoms with Crippen LogP contribution in [0.2, 0.25) is 0 Å². The minimum atomic E-state index is -3.27. The molecule has 0 aromatic heterocycles. The normalized spacial score (nSPS) is 31.5. The fourth-order valence-electron chi connectivity index (χ4n) is 7.93. The van der Waals surface area contributed by atoms with Crippen molar-refractivity contribution >= 4 is 40.7 Å². The summed E-state index contributed by atoms with van der Waals surface area (Å²) in [5.74, 6) is -9.35. The van der Waals surface area contributed by atoms with Crippen LogP contribution < -0.4 is 5.32 Å². The number of aryl methyl sites for hydroxylation is 1. The average Bonchev–Trinajstić information content (AvgIpc) is 3.07. The number of aliphatic hydroxyl groups excluding tert-OH is 3. The van der Waals surface area contributed by atoms with Crippen molar-refractivity contribution in [2.45, 2.75) is 62.1 Å². The molecule has 3 aliphatic carbocycles. The number of fused-ring (bicyclic) bond motifs is 5. The van der Waals surface area contributed by atoms with Crippen LogP contribution in [0.5, 0.6) is 11.5 Å². The number of methoxy groups -OCH3 is 3. The van der Waals surface area contributed by atoms with Crippen LogP contribution in [-0.4, -0.2) is 124 Å². The molecule has 1 aliphatic heterocycles. The summed E-state index contributed by atoms with van der Waals surface area (Å²) in [7, 11) is 3.25. The number of aromatic hydroxyl groups is 2. The number of hydrogen-bond donors (Lipinski definition) is 7. The Morgan fingerprint density at radius 3 is 2.27 bits per heavy atom. The van der Waals surface area contributed by atoms with Crippen LogP contribution in [0.25, 0.3) is 0 Å². The van der Waals surface area contributed by atoms with Gasteiger partial charge < -0.3 is 54.9 Å². The highest BCUT2D eigenvalue weighted by Crippen LogP contribution is 2.57. The molecule has 16 nitrogen and oxygen atoms in total. The fourth-order valence-corrected chi connectivity index (χ4v) is 8.16. The largest absolute Gasteiger partial charge is 0.507 e. The van der Waals surface area contributed by atoms with E-state index in [0.717, 1.165) is 20.3 Å². The molecular weight excluding hydrogens is 698 g/mol. The molecule has 0 spiro atoms. The van der Waals surface area contributed by atoms with Crippen molar-refractivity contribution in [2.24, 2.45) is 5.92 Å². The molecule has 1 heterocycles. The third kappa shape index (κ3) is 4.61. The van der Waals surface area contributed by atoms with Crippen LogP contribution in [-0.2, 0) is 31.0 Å². The molecule has 7 N–H and O–H groups in total. The zero-order valence-corrected chi connectivity index (χ0v) is 28.5. The molecule has 1 fully saturated rings. The van der Waals surface area contributed by atoms with E-state index in [9.17, 15) is 54.6 Å². The van der Waals surface area contributed by atoms with Gasteiger partial charge >= 0.3 is 5.97 Å². The summed E-state index contributed by atoms with van der Waals surface area (Å²) in [4.78, 5) is 69.5. The van der Waals surface area contributed by atoms with Crippen molar-refractivity contribution in [1.29, 1.82) is 0 Å². The van der Waals surface area contributed by atoms with Crippen LogP contribution >= 0.6 is 11.6 Å². The number of carbonyl (C=O) groups excluding carboxylic acids is 5. The molecule has 2 aromatic rings. The zero-order chi connectivity index (χ0) is 37.6. The van der Waals surface area contributed by atoms with Crippen molar-refractivity contribution in [3.8, 4) is 11.5 Å². The highest BCUT2D eigenvalue weighted by Gasteiger charge is 2.72. The summed E-state index contributed by atoms with van der Waals surface area (Å²) < 4.78 is 21.3. The topological polar surface area (TPSA) is 256 Å². The second-order valence-electron chi connectivity index (χ2n) is 12.8. The van der Waals surface area contributed by atoms with Gasteiger partial charge in [0, 0.05) is 37.3 Å². The van der Waals surface area contributed by atoms with Crippen LogP contribution in [0, 0.1) is 12.8 Å². The summed E-state index contributed by atoms with van der Waals surface area (Å²) in [5, 5.41) is 69.5. The highest BCUT2D eigenvalue weighted by molar-refractivity contribution is 6.50. The molecule has 4 aliphatic rings. The molecule has 2 aromatic carbocycles. The molecule has 0 saturated carbocycles. The van der Waals surface area contributed by atoms with E-state index in [1.54, 1.807) is 6.92 Å². The molecular formula is C34H34ClNO15. The molecule has 0 bridgehead atoms. The van der Waals surface area contributed by atoms with Gasteiger partial charge in [-0.05, 0) is 31.0 Å². The molecule has 51 heavy (non-hydrogen) atoms. The summed E-state index contributed by atoms with van der Waals surface area (Å²) >= 11 is 6.37. The molecule has 6 rings (SSSR count). The maximum atomic E-state index is 14.6. The zero-order valence-electron chi connectivity index (χ0n) is 27.8. The number of nitrogens with one attached hydrogen (secondary N) is 1. The predicted octanol–water partition coefficient (Wildman–Crippen LogP) is -0.0900. The van der Waals surface area contributed by atoms with Gasteiger partial charge in [-0.15, -0.1) is 0 Å². The molecule has 1 saturated heterocycles. The van der Waals surface area contributed by atoms with Crippen molar-refractivity contribution < 1.29 is 73.6 Å². The van der Waals surface area contributed by atoms with E-state index in [1.807, 2.05) is 0 Å². The second-order valence-corrected chi connectivity index (χ2v) is 13.2. The Bertz CT molecular complexity index is 1970. The first-order valence-electron chi connectivity index (χ1n) is 15.6. The first-order chi connectivity index (χ1) is 24.0. The van der Waals surface area contributed by atoms with Gasteiger partial charge in [-0.2, -0.15) is 0 Å². The summed E-state index contributed by atoms with van der Waals surface area (Å²) in [6.07, 6.45) is -6.72. The smallest absolute Gasteiger partial charge is 0.341 e. The number of ketones is 4. The average molecular weight is 732 g/mol. The first kappa shape index (κ1) is 36.5. The minimum absolute atomic E-state index is 0.0300. The quantitative estimate of drug-likeness (QED) is 0.192. The number of esters is 1. The second kappa shape index (κ2) is 12.5. The summed E-state index contributed by atoms with van der Waals surface area (Å²) in [6.45, 7) is 2.33. The Balaban J connectivity index is 1.54. The lowest BCUT2D eigenvalue weighted by molar-refractivity contribution is -0.214. The van der Waals surface area contributed by atoms with E-state index < -0.39 is 146 Å². The lowest BCUT2D eigenvalue weighted by atomic mass is 9.56. The third-order valence-electron chi connectivity index (χ3n) is 10.4. The van der Waals surface area contributed by atoms with Gasteiger partial charge in [0.25, 0.3) is 0 Å². The number of carbonyl (C=O) groups is 5. The summed E-state index contributed by atoms with van der Waals surface area (Å²) in [6, 6.07) is 2.09. The Hall–Kier alpha value is -4.26. The third-order valence-corrected chi connectivity index (χ3v) is 10.7. The Kier molecular flexibility index (Phi) is 8.92. The van der Waals surface area contributed by atoms with Crippen LogP contribution in [0.3, 0.4) is 0 Å². The van der Waals surface area contributed by atoms with E-state index >= 15 is 0 Å². The highest BCUT2D eigenvalue weighted by atomic mass is 35.5. The first-order valence-corrected chi connectivity index (χ1v) is 16.0. The number of aliphatic hydroxyl groups is 4. The van der Waals surface area contributed by atoms with Crippen molar-refractivity contribution in [3.05, 3.63) is 67.4 Å². The van der Waals surface area contributed by atoms with Gasteiger partial charge in [-0.3, -0.25) is 19.2 Å². The van der Waals surface area contributed by atoms with Crippen LogP contribution in [0.15, 0.2) is 22.9 Å². The fraction of sp³-hybridized carbons (Fsp3) is 0.441. The number of benzene rings is 2.